The molecular weight excluding hydrogens is 450 g/mol. The quantitative estimate of drug-likeness (QED) is 0.486. The standard InChI is InChI=1S/C25H33N5O3S/c1-19-16-29(17-20(2)28(19)4)14-15-34(31,32)30(24-8-6-5-7-9-24)18-22-10-12-23(13-11-22)25-27-26-21(3)33-25/h5-13,19-20H,14-18H2,1-4H3/t19-,20+. The van der Waals surface area contributed by atoms with Gasteiger partial charge >= 0.3 is 0 Å². The maximum Gasteiger partial charge on any atom is 0.247 e. The van der Waals surface area contributed by atoms with E-state index >= 15 is 0 Å². The summed E-state index contributed by atoms with van der Waals surface area (Å²) in [5, 5.41) is 7.91. The number of piperazine rings is 1. The molecule has 182 valence electrons. The molecule has 1 saturated heterocycles. The van der Waals surface area contributed by atoms with E-state index in [1.165, 1.54) is 4.31 Å². The van der Waals surface area contributed by atoms with Crippen LogP contribution in [0.5, 0.6) is 0 Å². The molecule has 2 aromatic carbocycles. The Kier molecular flexibility index (Phi) is 7.35. The first-order valence-corrected chi connectivity index (χ1v) is 13.2. The van der Waals surface area contributed by atoms with Gasteiger partial charge in [-0.3, -0.25) is 14.1 Å². The van der Waals surface area contributed by atoms with Crippen molar-refractivity contribution >= 4 is 15.7 Å². The summed E-state index contributed by atoms with van der Waals surface area (Å²) in [6, 6.07) is 17.7. The average molecular weight is 484 g/mol. The van der Waals surface area contributed by atoms with Crippen molar-refractivity contribution in [3.8, 4) is 11.5 Å². The lowest BCUT2D eigenvalue weighted by Gasteiger charge is -2.42. The van der Waals surface area contributed by atoms with Gasteiger partial charge < -0.3 is 4.42 Å². The molecule has 0 amide bonds. The van der Waals surface area contributed by atoms with E-state index in [4.69, 9.17) is 4.42 Å². The van der Waals surface area contributed by atoms with Crippen LogP contribution < -0.4 is 4.31 Å². The lowest BCUT2D eigenvalue weighted by atomic mass is 10.1. The molecule has 2 atom stereocenters. The van der Waals surface area contributed by atoms with Crippen LogP contribution >= 0.6 is 0 Å². The third kappa shape index (κ3) is 5.65. The Morgan fingerprint density at radius 1 is 1.00 bits per heavy atom. The van der Waals surface area contributed by atoms with Crippen molar-refractivity contribution in [3.63, 3.8) is 0 Å². The van der Waals surface area contributed by atoms with Crippen molar-refractivity contribution in [3.05, 3.63) is 66.1 Å². The number of nitrogens with zero attached hydrogens (tertiary/aromatic N) is 5. The second-order valence-electron chi connectivity index (χ2n) is 9.10. The number of anilines is 1. The van der Waals surface area contributed by atoms with Gasteiger partial charge in [-0.1, -0.05) is 30.3 Å². The molecule has 1 aliphatic heterocycles. The van der Waals surface area contributed by atoms with Crippen LogP contribution in [0.15, 0.2) is 59.0 Å². The molecule has 1 aliphatic rings. The summed E-state index contributed by atoms with van der Waals surface area (Å²) in [4.78, 5) is 4.61. The number of aryl methyl sites for hydroxylation is 1. The van der Waals surface area contributed by atoms with Gasteiger partial charge in [0, 0.05) is 44.2 Å². The molecule has 1 aromatic heterocycles. The van der Waals surface area contributed by atoms with Crippen molar-refractivity contribution in [2.75, 3.05) is 36.7 Å². The number of aromatic nitrogens is 2. The van der Waals surface area contributed by atoms with Crippen molar-refractivity contribution < 1.29 is 12.8 Å². The molecule has 1 fully saturated rings. The predicted molar refractivity (Wildman–Crippen MR) is 134 cm³/mol. The normalized spacial score (nSPS) is 19.9. The number of benzene rings is 2. The summed E-state index contributed by atoms with van der Waals surface area (Å²) >= 11 is 0. The zero-order valence-electron chi connectivity index (χ0n) is 20.3. The molecule has 9 heteroatoms. The minimum Gasteiger partial charge on any atom is -0.421 e. The molecule has 0 aliphatic carbocycles. The second-order valence-corrected chi connectivity index (χ2v) is 11.1. The first kappa shape index (κ1) is 24.4. The summed E-state index contributed by atoms with van der Waals surface area (Å²) in [5.74, 6) is 1.03. The molecule has 0 N–H and O–H groups in total. The highest BCUT2D eigenvalue weighted by Gasteiger charge is 2.29. The van der Waals surface area contributed by atoms with Gasteiger partial charge in [0.2, 0.25) is 21.8 Å². The van der Waals surface area contributed by atoms with Gasteiger partial charge in [0.05, 0.1) is 18.0 Å². The Labute approximate surface area is 202 Å². The molecule has 0 saturated carbocycles. The zero-order chi connectivity index (χ0) is 24.3. The summed E-state index contributed by atoms with van der Waals surface area (Å²) in [6.07, 6.45) is 0. The number of sulfonamides is 1. The molecular formula is C25H33N5O3S. The molecule has 2 heterocycles. The molecule has 4 rings (SSSR count). The smallest absolute Gasteiger partial charge is 0.247 e. The fourth-order valence-corrected chi connectivity index (χ4v) is 5.83. The van der Waals surface area contributed by atoms with Crippen molar-refractivity contribution in [1.29, 1.82) is 0 Å². The van der Waals surface area contributed by atoms with Crippen molar-refractivity contribution in [2.45, 2.75) is 39.4 Å². The lowest BCUT2D eigenvalue weighted by Crippen LogP contribution is -2.55. The minimum atomic E-state index is -3.54. The molecule has 0 unspecified atom stereocenters. The van der Waals surface area contributed by atoms with E-state index in [0.717, 1.165) is 24.2 Å². The highest BCUT2D eigenvalue weighted by Crippen LogP contribution is 2.24. The Balaban J connectivity index is 1.50. The SMILES string of the molecule is Cc1nnc(-c2ccc(CN(c3ccccc3)S(=O)(=O)CCN3C[C@@H](C)N(C)[C@@H](C)C3)cc2)o1. The van der Waals surface area contributed by atoms with E-state index < -0.39 is 10.0 Å². The Bertz CT molecular complexity index is 1170. The first-order chi connectivity index (χ1) is 16.2. The summed E-state index contributed by atoms with van der Waals surface area (Å²) in [7, 11) is -1.41. The van der Waals surface area contributed by atoms with Crippen LogP contribution in [0.2, 0.25) is 0 Å². The second kappa shape index (κ2) is 10.2. The topological polar surface area (TPSA) is 82.8 Å². The van der Waals surface area contributed by atoms with Crippen LogP contribution in [0.1, 0.15) is 25.3 Å². The van der Waals surface area contributed by atoms with E-state index in [1.807, 2.05) is 54.6 Å². The molecule has 0 bridgehead atoms. The molecule has 8 nitrogen and oxygen atoms in total. The molecule has 0 radical (unpaired) electrons. The van der Waals surface area contributed by atoms with Crippen molar-refractivity contribution in [1.82, 2.24) is 20.0 Å². The summed E-state index contributed by atoms with van der Waals surface area (Å²) in [5.41, 5.74) is 2.35. The number of hydrogen-bond acceptors (Lipinski definition) is 7. The maximum atomic E-state index is 13.6. The maximum absolute atomic E-state index is 13.6. The van der Waals surface area contributed by atoms with Gasteiger partial charge in [0.25, 0.3) is 0 Å². The van der Waals surface area contributed by atoms with Crippen LogP contribution in [-0.2, 0) is 16.6 Å². The van der Waals surface area contributed by atoms with E-state index in [1.54, 1.807) is 6.92 Å². The van der Waals surface area contributed by atoms with Crippen LogP contribution in [-0.4, -0.2) is 72.9 Å². The van der Waals surface area contributed by atoms with Gasteiger partial charge in [-0.15, -0.1) is 10.2 Å². The Morgan fingerprint density at radius 2 is 1.65 bits per heavy atom. The third-order valence-electron chi connectivity index (χ3n) is 6.53. The molecule has 3 aromatic rings. The number of para-hydroxylation sites is 1. The van der Waals surface area contributed by atoms with Gasteiger partial charge in [0.1, 0.15) is 0 Å². The van der Waals surface area contributed by atoms with Gasteiger partial charge in [0.15, 0.2) is 0 Å². The fraction of sp³-hybridized carbons (Fsp3) is 0.440. The van der Waals surface area contributed by atoms with Crippen molar-refractivity contribution in [2.24, 2.45) is 0 Å². The summed E-state index contributed by atoms with van der Waals surface area (Å²) in [6.45, 7) is 8.64. The van der Waals surface area contributed by atoms with Crippen LogP contribution in [0, 0.1) is 6.92 Å². The Morgan fingerprint density at radius 3 is 2.24 bits per heavy atom. The summed E-state index contributed by atoms with van der Waals surface area (Å²) < 4.78 is 34.1. The average Bonchev–Trinajstić information content (AvgIpc) is 3.26. The van der Waals surface area contributed by atoms with Crippen LogP contribution in [0.25, 0.3) is 11.5 Å². The van der Waals surface area contributed by atoms with Gasteiger partial charge in [-0.25, -0.2) is 8.42 Å². The number of rotatable bonds is 8. The zero-order valence-corrected chi connectivity index (χ0v) is 21.1. The van der Waals surface area contributed by atoms with E-state index in [-0.39, 0.29) is 12.3 Å². The minimum absolute atomic E-state index is 0.0738. The monoisotopic (exact) mass is 483 g/mol. The highest BCUT2D eigenvalue weighted by atomic mass is 32.2. The van der Waals surface area contributed by atoms with Crippen LogP contribution in [0.3, 0.4) is 0 Å². The first-order valence-electron chi connectivity index (χ1n) is 11.6. The number of likely N-dealkylation sites (N-methyl/N-ethyl adjacent to an activating group) is 1. The fourth-order valence-electron chi connectivity index (χ4n) is 4.33. The van der Waals surface area contributed by atoms with Gasteiger partial charge in [-0.2, -0.15) is 0 Å². The third-order valence-corrected chi connectivity index (χ3v) is 8.24. The Hall–Kier alpha value is -2.75. The lowest BCUT2D eigenvalue weighted by molar-refractivity contribution is 0.0639. The molecule has 34 heavy (non-hydrogen) atoms. The van der Waals surface area contributed by atoms with Gasteiger partial charge in [-0.05, 0) is 50.7 Å². The predicted octanol–water partition coefficient (Wildman–Crippen LogP) is 3.41. The molecule has 0 spiro atoms. The number of hydrogen-bond donors (Lipinski definition) is 0. The highest BCUT2D eigenvalue weighted by molar-refractivity contribution is 7.92. The van der Waals surface area contributed by atoms with E-state index in [9.17, 15) is 8.42 Å². The largest absolute Gasteiger partial charge is 0.421 e. The van der Waals surface area contributed by atoms with E-state index in [0.29, 0.717) is 36.1 Å². The van der Waals surface area contributed by atoms with Crippen LogP contribution in [0.4, 0.5) is 5.69 Å². The van der Waals surface area contributed by atoms with E-state index in [2.05, 4.69) is 40.9 Å².